The van der Waals surface area contributed by atoms with Crippen LogP contribution in [0, 0.1) is 0 Å². The maximum Gasteiger partial charge on any atom is 0.250 e. The minimum absolute atomic E-state index is 0.0615. The molecule has 0 aromatic rings. The summed E-state index contributed by atoms with van der Waals surface area (Å²) in [6, 6.07) is -0.605. The molecule has 0 aromatic heterocycles. The van der Waals surface area contributed by atoms with E-state index in [1.54, 1.807) is 6.92 Å². The zero-order valence-corrected chi connectivity index (χ0v) is 9.38. The van der Waals surface area contributed by atoms with Crippen LogP contribution >= 0.6 is 0 Å². The Balaban J connectivity index is 2.49. The van der Waals surface area contributed by atoms with E-state index in [2.05, 4.69) is 5.32 Å². The number of carbonyl (C=O) groups is 1. The summed E-state index contributed by atoms with van der Waals surface area (Å²) in [4.78, 5) is 11.4. The molecule has 1 amide bonds. The van der Waals surface area contributed by atoms with Crippen molar-refractivity contribution in [3.63, 3.8) is 0 Å². The molecule has 1 rings (SSSR count). The molecular formula is C8H16N2O4S. The summed E-state index contributed by atoms with van der Waals surface area (Å²) in [5, 5.41) is 11.9. The van der Waals surface area contributed by atoms with Crippen LogP contribution in [0.2, 0.25) is 0 Å². The lowest BCUT2D eigenvalue weighted by Gasteiger charge is -2.10. The van der Waals surface area contributed by atoms with Crippen molar-refractivity contribution in [2.75, 3.05) is 12.3 Å². The van der Waals surface area contributed by atoms with E-state index in [0.717, 1.165) is 0 Å². The summed E-state index contributed by atoms with van der Waals surface area (Å²) in [5.74, 6) is -0.645. The first-order valence-corrected chi connectivity index (χ1v) is 6.55. The van der Waals surface area contributed by atoms with Crippen molar-refractivity contribution in [2.45, 2.75) is 31.9 Å². The second-order valence-electron chi connectivity index (χ2n) is 3.64. The van der Waals surface area contributed by atoms with E-state index in [0.29, 0.717) is 13.0 Å². The SMILES string of the molecule is CCCS(=O)(=O)NC(=O)C1CC(O)CN1. The van der Waals surface area contributed by atoms with Crippen LogP contribution in [0.15, 0.2) is 0 Å². The lowest BCUT2D eigenvalue weighted by molar-refractivity contribution is -0.121. The maximum absolute atomic E-state index is 11.4. The van der Waals surface area contributed by atoms with E-state index in [1.807, 2.05) is 4.72 Å². The molecule has 88 valence electrons. The molecule has 2 unspecified atom stereocenters. The zero-order chi connectivity index (χ0) is 11.5. The molecule has 2 atom stereocenters. The molecule has 3 N–H and O–H groups in total. The summed E-state index contributed by atoms with van der Waals surface area (Å²) in [5.41, 5.74) is 0. The molecule has 6 nitrogen and oxygen atoms in total. The summed E-state index contributed by atoms with van der Waals surface area (Å²) in [7, 11) is -3.51. The Morgan fingerprint density at radius 2 is 2.27 bits per heavy atom. The second-order valence-corrected chi connectivity index (χ2v) is 5.48. The summed E-state index contributed by atoms with van der Waals surface area (Å²) < 4.78 is 24.5. The number of β-amino-alcohol motifs (C(OH)–C–C–N with tert-alkyl or cyclic N) is 1. The van der Waals surface area contributed by atoms with Crippen molar-refractivity contribution >= 4 is 15.9 Å². The molecule has 0 aliphatic carbocycles. The van der Waals surface area contributed by atoms with Gasteiger partial charge in [-0.3, -0.25) is 9.52 Å². The molecule has 0 spiro atoms. The molecule has 0 bridgehead atoms. The molecule has 7 heteroatoms. The Hall–Kier alpha value is -0.660. The number of rotatable bonds is 4. The summed E-state index contributed by atoms with van der Waals surface area (Å²) in [6.45, 7) is 2.05. The topological polar surface area (TPSA) is 95.5 Å². The molecule has 1 saturated heterocycles. The second kappa shape index (κ2) is 4.91. The fourth-order valence-electron chi connectivity index (χ4n) is 1.46. The van der Waals surface area contributed by atoms with Gasteiger partial charge in [0.25, 0.3) is 5.91 Å². The average molecular weight is 236 g/mol. The van der Waals surface area contributed by atoms with Crippen molar-refractivity contribution in [1.29, 1.82) is 0 Å². The molecular weight excluding hydrogens is 220 g/mol. The molecule has 15 heavy (non-hydrogen) atoms. The van der Waals surface area contributed by atoms with Crippen LogP contribution in [0.5, 0.6) is 0 Å². The van der Waals surface area contributed by atoms with Gasteiger partial charge in [-0.15, -0.1) is 0 Å². The van der Waals surface area contributed by atoms with E-state index in [-0.39, 0.29) is 12.2 Å². The monoisotopic (exact) mass is 236 g/mol. The highest BCUT2D eigenvalue weighted by Crippen LogP contribution is 2.06. The molecule has 0 radical (unpaired) electrons. The smallest absolute Gasteiger partial charge is 0.250 e. The number of hydrogen-bond donors (Lipinski definition) is 3. The first-order valence-electron chi connectivity index (χ1n) is 4.90. The Morgan fingerprint density at radius 1 is 1.60 bits per heavy atom. The van der Waals surface area contributed by atoms with Gasteiger partial charge in [-0.05, 0) is 12.8 Å². The molecule has 1 aliphatic rings. The standard InChI is InChI=1S/C8H16N2O4S/c1-2-3-15(13,14)10-8(12)7-4-6(11)5-9-7/h6-7,9,11H,2-5H2,1H3,(H,10,12). The molecule has 0 aromatic carbocycles. The van der Waals surface area contributed by atoms with E-state index in [1.165, 1.54) is 0 Å². The minimum atomic E-state index is -3.51. The largest absolute Gasteiger partial charge is 0.392 e. The molecule has 1 aliphatic heterocycles. The van der Waals surface area contributed by atoms with Gasteiger partial charge < -0.3 is 10.4 Å². The normalized spacial score (nSPS) is 26.5. The van der Waals surface area contributed by atoms with Crippen molar-refractivity contribution in [3.05, 3.63) is 0 Å². The number of aliphatic hydroxyl groups is 1. The number of amides is 1. The van der Waals surface area contributed by atoms with E-state index in [4.69, 9.17) is 5.11 Å². The van der Waals surface area contributed by atoms with Crippen LogP contribution in [0.1, 0.15) is 19.8 Å². The third-order valence-electron chi connectivity index (χ3n) is 2.15. The number of nitrogens with one attached hydrogen (secondary N) is 2. The number of aliphatic hydroxyl groups excluding tert-OH is 1. The van der Waals surface area contributed by atoms with Crippen molar-refractivity contribution in [1.82, 2.24) is 10.0 Å². The Kier molecular flexibility index (Phi) is 4.06. The number of hydrogen-bond acceptors (Lipinski definition) is 5. The van der Waals surface area contributed by atoms with Gasteiger partial charge in [0.1, 0.15) is 0 Å². The van der Waals surface area contributed by atoms with Gasteiger partial charge in [-0.25, -0.2) is 8.42 Å². The van der Waals surface area contributed by atoms with Crippen molar-refractivity contribution in [2.24, 2.45) is 0 Å². The van der Waals surface area contributed by atoms with E-state index in [9.17, 15) is 13.2 Å². The fourth-order valence-corrected chi connectivity index (χ4v) is 2.55. The number of carbonyl (C=O) groups excluding carboxylic acids is 1. The first kappa shape index (κ1) is 12.4. The Labute approximate surface area is 89.1 Å². The van der Waals surface area contributed by atoms with Gasteiger partial charge in [-0.1, -0.05) is 6.92 Å². The highest BCUT2D eigenvalue weighted by Gasteiger charge is 2.29. The zero-order valence-electron chi connectivity index (χ0n) is 8.56. The third kappa shape index (κ3) is 3.77. The third-order valence-corrected chi connectivity index (χ3v) is 3.61. The first-order chi connectivity index (χ1) is 6.94. The lowest BCUT2D eigenvalue weighted by Crippen LogP contribution is -2.43. The van der Waals surface area contributed by atoms with Gasteiger partial charge >= 0.3 is 0 Å². The van der Waals surface area contributed by atoms with Crippen LogP contribution < -0.4 is 10.0 Å². The highest BCUT2D eigenvalue weighted by molar-refractivity contribution is 7.90. The van der Waals surface area contributed by atoms with Crippen molar-refractivity contribution < 1.29 is 18.3 Å². The van der Waals surface area contributed by atoms with Gasteiger partial charge in [0, 0.05) is 6.54 Å². The Bertz CT molecular complexity index is 328. The van der Waals surface area contributed by atoms with Gasteiger partial charge in [0.05, 0.1) is 17.9 Å². The lowest BCUT2D eigenvalue weighted by atomic mass is 10.2. The van der Waals surface area contributed by atoms with Crippen LogP contribution in [0.3, 0.4) is 0 Å². The van der Waals surface area contributed by atoms with Crippen LogP contribution in [-0.2, 0) is 14.8 Å². The summed E-state index contributed by atoms with van der Waals surface area (Å²) in [6.07, 6.45) is 0.145. The predicted molar refractivity (Wildman–Crippen MR) is 54.6 cm³/mol. The van der Waals surface area contributed by atoms with Gasteiger partial charge in [0.15, 0.2) is 0 Å². The molecule has 0 saturated carbocycles. The quantitative estimate of drug-likeness (QED) is 0.556. The van der Waals surface area contributed by atoms with Gasteiger partial charge in [0.2, 0.25) is 10.0 Å². The highest BCUT2D eigenvalue weighted by atomic mass is 32.2. The van der Waals surface area contributed by atoms with E-state index >= 15 is 0 Å². The van der Waals surface area contributed by atoms with Gasteiger partial charge in [-0.2, -0.15) is 0 Å². The Morgan fingerprint density at radius 3 is 2.73 bits per heavy atom. The van der Waals surface area contributed by atoms with Crippen molar-refractivity contribution in [3.8, 4) is 0 Å². The molecule has 1 heterocycles. The maximum atomic E-state index is 11.4. The molecule has 1 fully saturated rings. The predicted octanol–water partition coefficient (Wildman–Crippen LogP) is -1.43. The van der Waals surface area contributed by atoms with Crippen LogP contribution in [0.25, 0.3) is 0 Å². The fraction of sp³-hybridized carbons (Fsp3) is 0.875. The van der Waals surface area contributed by atoms with E-state index < -0.39 is 28.1 Å². The minimum Gasteiger partial charge on any atom is -0.392 e. The average Bonchev–Trinajstić information content (AvgIpc) is 2.50. The number of sulfonamides is 1. The summed E-state index contributed by atoms with van der Waals surface area (Å²) >= 11 is 0. The van der Waals surface area contributed by atoms with Crippen LogP contribution in [0.4, 0.5) is 0 Å². The van der Waals surface area contributed by atoms with Crippen LogP contribution in [-0.4, -0.2) is 43.9 Å².